The maximum Gasteiger partial charge on any atom is 0.0813 e. The second kappa shape index (κ2) is 4.99. The normalized spacial score (nSPS) is 15.1. The van der Waals surface area contributed by atoms with Gasteiger partial charge in [0.05, 0.1) is 5.60 Å². The van der Waals surface area contributed by atoms with Crippen molar-refractivity contribution in [1.82, 2.24) is 0 Å². The highest BCUT2D eigenvalue weighted by Crippen LogP contribution is 2.23. The molecular weight excluding hydrogens is 254 g/mol. The fraction of sp³-hybridized carbons (Fsp3) is 0.500. The Morgan fingerprint density at radius 2 is 2.00 bits per heavy atom. The number of hydrogen-bond donors (Lipinski definition) is 2. The molecule has 0 saturated heterocycles. The maximum atomic E-state index is 10.1. The minimum atomic E-state index is -0.685. The Morgan fingerprint density at radius 3 is 2.53 bits per heavy atom. The number of rotatable bonds is 4. The summed E-state index contributed by atoms with van der Waals surface area (Å²) in [5, 5.41) is 13.3. The summed E-state index contributed by atoms with van der Waals surface area (Å²) in [5.41, 5.74) is 0.327. The van der Waals surface area contributed by atoms with Crippen molar-refractivity contribution >= 4 is 21.6 Å². The molecule has 1 rings (SSSR count). The lowest BCUT2D eigenvalue weighted by atomic mass is 9.92. The van der Waals surface area contributed by atoms with E-state index in [1.54, 1.807) is 0 Å². The molecule has 84 valence electrons. The monoisotopic (exact) mass is 271 g/mol. The van der Waals surface area contributed by atoms with Gasteiger partial charge in [-0.3, -0.25) is 0 Å². The first kappa shape index (κ1) is 12.5. The average Bonchev–Trinajstić information content (AvgIpc) is 2.16. The lowest BCUT2D eigenvalue weighted by molar-refractivity contribution is 0.0266. The molecule has 1 atom stereocenters. The van der Waals surface area contributed by atoms with Crippen molar-refractivity contribution in [3.8, 4) is 0 Å². The zero-order valence-electron chi connectivity index (χ0n) is 9.42. The quantitative estimate of drug-likeness (QED) is 0.881. The summed E-state index contributed by atoms with van der Waals surface area (Å²) in [5.74, 6) is 0.229. The molecule has 0 aliphatic rings. The zero-order chi connectivity index (χ0) is 11.5. The summed E-state index contributed by atoms with van der Waals surface area (Å²) >= 11 is 3.46. The van der Waals surface area contributed by atoms with E-state index in [2.05, 4.69) is 21.2 Å². The van der Waals surface area contributed by atoms with Gasteiger partial charge in [-0.05, 0) is 40.9 Å². The number of halogens is 1. The Balaban J connectivity index is 2.62. The van der Waals surface area contributed by atoms with Crippen LogP contribution in [0.3, 0.4) is 0 Å². The van der Waals surface area contributed by atoms with E-state index in [1.165, 1.54) is 0 Å². The average molecular weight is 272 g/mol. The van der Waals surface area contributed by atoms with E-state index in [-0.39, 0.29) is 5.92 Å². The van der Waals surface area contributed by atoms with Gasteiger partial charge >= 0.3 is 0 Å². The van der Waals surface area contributed by atoms with Gasteiger partial charge in [-0.15, -0.1) is 0 Å². The fourth-order valence-corrected chi connectivity index (χ4v) is 1.51. The maximum absolute atomic E-state index is 10.1. The highest BCUT2D eigenvalue weighted by molar-refractivity contribution is 9.10. The number of anilines is 1. The molecule has 0 radical (unpaired) electrons. The van der Waals surface area contributed by atoms with Gasteiger partial charge < -0.3 is 10.4 Å². The van der Waals surface area contributed by atoms with Crippen LogP contribution in [0.15, 0.2) is 28.7 Å². The van der Waals surface area contributed by atoms with E-state index >= 15 is 0 Å². The van der Waals surface area contributed by atoms with E-state index in [0.717, 1.165) is 10.2 Å². The van der Waals surface area contributed by atoms with Crippen LogP contribution < -0.4 is 5.32 Å². The first-order valence-corrected chi connectivity index (χ1v) is 5.93. The molecule has 1 aromatic rings. The molecule has 0 spiro atoms. The van der Waals surface area contributed by atoms with Gasteiger partial charge in [0.1, 0.15) is 0 Å². The molecular formula is C12H18BrNO. The smallest absolute Gasteiger partial charge is 0.0813 e. The minimum absolute atomic E-state index is 0.229. The number of hydrogen-bond acceptors (Lipinski definition) is 2. The molecule has 0 saturated carbocycles. The summed E-state index contributed by atoms with van der Waals surface area (Å²) in [6, 6.07) is 7.90. The highest BCUT2D eigenvalue weighted by Gasteiger charge is 2.24. The Labute approximate surface area is 99.8 Å². The summed E-state index contributed by atoms with van der Waals surface area (Å²) in [7, 11) is 0. The molecule has 1 aromatic carbocycles. The molecule has 0 aromatic heterocycles. The minimum Gasteiger partial charge on any atom is -0.388 e. The topological polar surface area (TPSA) is 32.3 Å². The molecule has 0 heterocycles. The van der Waals surface area contributed by atoms with Gasteiger partial charge in [0.15, 0.2) is 0 Å². The molecule has 3 heteroatoms. The van der Waals surface area contributed by atoms with Crippen LogP contribution in [0.4, 0.5) is 5.69 Å². The van der Waals surface area contributed by atoms with Crippen molar-refractivity contribution in [2.45, 2.75) is 26.4 Å². The third kappa shape index (κ3) is 3.50. The fourth-order valence-electron chi connectivity index (χ4n) is 1.08. The molecule has 0 fully saturated rings. The third-order valence-electron chi connectivity index (χ3n) is 2.75. The van der Waals surface area contributed by atoms with Gasteiger partial charge in [-0.1, -0.05) is 26.0 Å². The lowest BCUT2D eigenvalue weighted by Crippen LogP contribution is -2.38. The van der Waals surface area contributed by atoms with E-state index < -0.39 is 5.60 Å². The van der Waals surface area contributed by atoms with Crippen LogP contribution in [-0.4, -0.2) is 17.3 Å². The Hall–Kier alpha value is -0.540. The molecule has 2 nitrogen and oxygen atoms in total. The summed E-state index contributed by atoms with van der Waals surface area (Å²) in [6.07, 6.45) is 0. The molecule has 15 heavy (non-hydrogen) atoms. The first-order chi connectivity index (χ1) is 6.93. The second-order valence-electron chi connectivity index (χ2n) is 4.35. The van der Waals surface area contributed by atoms with Crippen molar-refractivity contribution in [2.75, 3.05) is 11.9 Å². The van der Waals surface area contributed by atoms with Crippen LogP contribution in [-0.2, 0) is 0 Å². The molecule has 0 aliphatic heterocycles. The molecule has 2 N–H and O–H groups in total. The first-order valence-electron chi connectivity index (χ1n) is 5.14. The van der Waals surface area contributed by atoms with Crippen LogP contribution in [0.5, 0.6) is 0 Å². The predicted octanol–water partition coefficient (Wildman–Crippen LogP) is 3.27. The van der Waals surface area contributed by atoms with Gasteiger partial charge in [0.2, 0.25) is 0 Å². The van der Waals surface area contributed by atoms with Gasteiger partial charge in [0, 0.05) is 16.7 Å². The second-order valence-corrected chi connectivity index (χ2v) is 5.20. The molecule has 0 aliphatic carbocycles. The third-order valence-corrected chi connectivity index (χ3v) is 3.45. The number of para-hydroxylation sites is 1. The van der Waals surface area contributed by atoms with Crippen molar-refractivity contribution in [1.29, 1.82) is 0 Å². The zero-order valence-corrected chi connectivity index (χ0v) is 11.0. The van der Waals surface area contributed by atoms with Crippen molar-refractivity contribution < 1.29 is 5.11 Å². The molecule has 0 amide bonds. The van der Waals surface area contributed by atoms with E-state index in [0.29, 0.717) is 6.54 Å². The Bertz CT molecular complexity index is 323. The van der Waals surface area contributed by atoms with Gasteiger partial charge in [-0.25, -0.2) is 0 Å². The summed E-state index contributed by atoms with van der Waals surface area (Å²) < 4.78 is 1.02. The Kier molecular flexibility index (Phi) is 4.17. The van der Waals surface area contributed by atoms with Crippen LogP contribution in [0, 0.1) is 5.92 Å². The number of aliphatic hydroxyl groups is 1. The SMILES string of the molecule is CC(C)C(C)(O)CNc1ccccc1Br. The van der Waals surface area contributed by atoms with Crippen LogP contribution in [0.2, 0.25) is 0 Å². The van der Waals surface area contributed by atoms with E-state index in [4.69, 9.17) is 0 Å². The van der Waals surface area contributed by atoms with Crippen molar-refractivity contribution in [2.24, 2.45) is 5.92 Å². The summed E-state index contributed by atoms with van der Waals surface area (Å²) in [6.45, 7) is 6.43. The van der Waals surface area contributed by atoms with E-state index in [9.17, 15) is 5.11 Å². The van der Waals surface area contributed by atoms with Crippen LogP contribution in [0.25, 0.3) is 0 Å². The lowest BCUT2D eigenvalue weighted by Gasteiger charge is -2.28. The summed E-state index contributed by atoms with van der Waals surface area (Å²) in [4.78, 5) is 0. The van der Waals surface area contributed by atoms with Crippen LogP contribution in [0.1, 0.15) is 20.8 Å². The van der Waals surface area contributed by atoms with Crippen LogP contribution >= 0.6 is 15.9 Å². The van der Waals surface area contributed by atoms with Crippen molar-refractivity contribution in [3.63, 3.8) is 0 Å². The highest BCUT2D eigenvalue weighted by atomic mass is 79.9. The number of nitrogens with one attached hydrogen (secondary N) is 1. The van der Waals surface area contributed by atoms with Crippen molar-refractivity contribution in [3.05, 3.63) is 28.7 Å². The Morgan fingerprint density at radius 1 is 1.40 bits per heavy atom. The molecule has 0 bridgehead atoms. The standard InChI is InChI=1S/C12H18BrNO/c1-9(2)12(3,15)8-14-11-7-5-4-6-10(11)13/h4-7,9,14-15H,8H2,1-3H3. The predicted molar refractivity (Wildman–Crippen MR) is 68.1 cm³/mol. The largest absolute Gasteiger partial charge is 0.388 e. The van der Waals surface area contributed by atoms with Gasteiger partial charge in [-0.2, -0.15) is 0 Å². The van der Waals surface area contributed by atoms with E-state index in [1.807, 2.05) is 45.0 Å². The van der Waals surface area contributed by atoms with Gasteiger partial charge in [0.25, 0.3) is 0 Å². The molecule has 1 unspecified atom stereocenters. The number of benzene rings is 1.